The van der Waals surface area contributed by atoms with Crippen LogP contribution in [-0.4, -0.2) is 42.8 Å². The summed E-state index contributed by atoms with van der Waals surface area (Å²) in [6, 6.07) is -1.11. The lowest BCUT2D eigenvalue weighted by Crippen LogP contribution is -2.32. The van der Waals surface area contributed by atoms with Crippen LogP contribution in [0.1, 0.15) is 31.4 Å². The molecule has 1 unspecified atom stereocenters. The summed E-state index contributed by atoms with van der Waals surface area (Å²) >= 11 is 6.38. The van der Waals surface area contributed by atoms with Crippen molar-refractivity contribution in [2.45, 2.75) is 32.2 Å². The monoisotopic (exact) mass is 491 g/mol. The Hall–Kier alpha value is -3.67. The molecule has 34 heavy (non-hydrogen) atoms. The highest BCUT2D eigenvalue weighted by molar-refractivity contribution is 6.35. The van der Waals surface area contributed by atoms with E-state index in [4.69, 9.17) is 11.6 Å². The van der Waals surface area contributed by atoms with Gasteiger partial charge in [0.25, 0.3) is 5.91 Å². The van der Waals surface area contributed by atoms with Crippen molar-refractivity contribution in [3.8, 4) is 11.3 Å². The molecule has 1 fully saturated rings. The smallest absolute Gasteiger partial charge is 0.315 e. The number of benzene rings is 1. The van der Waals surface area contributed by atoms with Crippen LogP contribution in [0.15, 0.2) is 24.8 Å². The maximum atomic E-state index is 15.4. The van der Waals surface area contributed by atoms with Gasteiger partial charge in [-0.2, -0.15) is 13.9 Å². The Balaban J connectivity index is 1.56. The molecule has 0 bridgehead atoms. The fourth-order valence-corrected chi connectivity index (χ4v) is 4.11. The minimum Gasteiger partial charge on any atom is -0.344 e. The number of hydrogen-bond acceptors (Lipinski definition) is 5. The van der Waals surface area contributed by atoms with Crippen LogP contribution in [0.4, 0.5) is 19.0 Å². The van der Waals surface area contributed by atoms with E-state index in [-0.39, 0.29) is 39.2 Å². The van der Waals surface area contributed by atoms with E-state index in [1.54, 1.807) is 16.8 Å². The molecule has 0 spiro atoms. The third-order valence-electron chi connectivity index (χ3n) is 5.61. The first kappa shape index (κ1) is 22.1. The zero-order chi connectivity index (χ0) is 24.1. The van der Waals surface area contributed by atoms with Crippen molar-refractivity contribution in [3.63, 3.8) is 0 Å². The van der Waals surface area contributed by atoms with E-state index in [0.29, 0.717) is 16.9 Å². The van der Waals surface area contributed by atoms with Crippen LogP contribution in [0.5, 0.6) is 0 Å². The zero-order valence-corrected chi connectivity index (χ0v) is 18.3. The van der Waals surface area contributed by atoms with Crippen LogP contribution in [0.3, 0.4) is 0 Å². The number of amides is 2. The van der Waals surface area contributed by atoms with Gasteiger partial charge in [0.15, 0.2) is 11.5 Å². The SMILES string of the molecule is CC(NC(=O)C(F)F)c1c(F)c(Cl)c(-c2cn3cc(NC(=O)C4CC4)nc3cn2)c2cn[nH]c12. The first-order valence-electron chi connectivity index (χ1n) is 10.3. The second-order valence-corrected chi connectivity index (χ2v) is 8.41. The van der Waals surface area contributed by atoms with Gasteiger partial charge in [-0.3, -0.25) is 19.7 Å². The van der Waals surface area contributed by atoms with Crippen LogP contribution in [0.25, 0.3) is 27.8 Å². The van der Waals surface area contributed by atoms with Gasteiger partial charge in [0.1, 0.15) is 5.82 Å². The fourth-order valence-electron chi connectivity index (χ4n) is 3.80. The quantitative estimate of drug-likeness (QED) is 0.378. The Morgan fingerprint density at radius 2 is 2.03 bits per heavy atom. The summed E-state index contributed by atoms with van der Waals surface area (Å²) in [6.07, 6.45) is 4.50. The highest BCUT2D eigenvalue weighted by atomic mass is 35.5. The van der Waals surface area contributed by atoms with Gasteiger partial charge < -0.3 is 15.0 Å². The predicted molar refractivity (Wildman–Crippen MR) is 117 cm³/mol. The minimum absolute atomic E-state index is 0.0149. The molecule has 1 aliphatic carbocycles. The maximum Gasteiger partial charge on any atom is 0.315 e. The van der Waals surface area contributed by atoms with Gasteiger partial charge in [-0.1, -0.05) is 11.6 Å². The molecule has 1 atom stereocenters. The molecular weight excluding hydrogens is 475 g/mol. The molecule has 0 saturated heterocycles. The van der Waals surface area contributed by atoms with Crippen LogP contribution >= 0.6 is 11.6 Å². The first-order valence-corrected chi connectivity index (χ1v) is 10.7. The highest BCUT2D eigenvalue weighted by Crippen LogP contribution is 2.40. The lowest BCUT2D eigenvalue weighted by atomic mass is 9.98. The molecule has 4 aromatic rings. The Kier molecular flexibility index (Phi) is 5.39. The molecule has 5 rings (SSSR count). The van der Waals surface area contributed by atoms with Gasteiger partial charge in [-0.25, -0.2) is 9.37 Å². The average molecular weight is 492 g/mol. The van der Waals surface area contributed by atoms with Crippen molar-refractivity contribution < 1.29 is 22.8 Å². The van der Waals surface area contributed by atoms with Crippen LogP contribution in [0, 0.1) is 11.7 Å². The molecule has 3 heterocycles. The van der Waals surface area contributed by atoms with Gasteiger partial charge in [0, 0.05) is 28.6 Å². The van der Waals surface area contributed by atoms with Crippen LogP contribution in [-0.2, 0) is 9.59 Å². The summed E-state index contributed by atoms with van der Waals surface area (Å²) in [5.74, 6) is -2.15. The Bertz CT molecular complexity index is 1450. The molecule has 1 aromatic carbocycles. The number of nitrogens with one attached hydrogen (secondary N) is 3. The zero-order valence-electron chi connectivity index (χ0n) is 17.6. The van der Waals surface area contributed by atoms with Gasteiger partial charge in [0.05, 0.1) is 40.9 Å². The molecule has 2 amide bonds. The van der Waals surface area contributed by atoms with Crippen molar-refractivity contribution in [2.75, 3.05) is 5.32 Å². The van der Waals surface area contributed by atoms with E-state index in [2.05, 4.69) is 30.8 Å². The number of alkyl halides is 2. The van der Waals surface area contributed by atoms with Gasteiger partial charge in [-0.15, -0.1) is 0 Å². The summed E-state index contributed by atoms with van der Waals surface area (Å²) in [4.78, 5) is 32.1. The summed E-state index contributed by atoms with van der Waals surface area (Å²) in [5.41, 5.74) is 1.04. The number of nitrogens with zero attached hydrogens (tertiary/aromatic N) is 4. The molecule has 0 radical (unpaired) electrons. The third-order valence-corrected chi connectivity index (χ3v) is 5.97. The van der Waals surface area contributed by atoms with Gasteiger partial charge >= 0.3 is 6.43 Å². The molecule has 3 aromatic heterocycles. The molecular formula is C21H17ClF3N7O2. The summed E-state index contributed by atoms with van der Waals surface area (Å²) in [5, 5.41) is 11.5. The Morgan fingerprint density at radius 1 is 1.26 bits per heavy atom. The molecule has 3 N–H and O–H groups in total. The second kappa shape index (κ2) is 8.28. The normalized spacial score (nSPS) is 14.6. The van der Waals surface area contributed by atoms with Gasteiger partial charge in [-0.05, 0) is 19.8 Å². The predicted octanol–water partition coefficient (Wildman–Crippen LogP) is 3.86. The topological polar surface area (TPSA) is 117 Å². The van der Waals surface area contributed by atoms with E-state index >= 15 is 4.39 Å². The molecule has 176 valence electrons. The molecule has 1 aliphatic rings. The van der Waals surface area contributed by atoms with E-state index in [1.165, 1.54) is 19.3 Å². The van der Waals surface area contributed by atoms with Crippen molar-refractivity contribution in [1.82, 2.24) is 29.9 Å². The number of fused-ring (bicyclic) bond motifs is 2. The number of anilines is 1. The van der Waals surface area contributed by atoms with Gasteiger partial charge in [0.2, 0.25) is 5.91 Å². The van der Waals surface area contributed by atoms with Crippen molar-refractivity contribution in [3.05, 3.63) is 41.2 Å². The maximum absolute atomic E-state index is 15.4. The molecule has 13 heteroatoms. The Morgan fingerprint density at radius 3 is 2.74 bits per heavy atom. The van der Waals surface area contributed by atoms with E-state index in [9.17, 15) is 18.4 Å². The summed E-state index contributed by atoms with van der Waals surface area (Å²) < 4.78 is 42.4. The standard InChI is InChI=1S/C21H17ClF3N7O2/c1-8(28-21(34)19(24)25)14-17(23)16(22)15(10-4-27-31-18(10)14)11-6-32-7-12(29-13(32)5-26-11)30-20(33)9-2-3-9/h4-9,19H,2-3H2,1H3,(H,27,31)(H,28,34)(H,30,33). The number of H-pyrrole nitrogens is 1. The summed E-state index contributed by atoms with van der Waals surface area (Å²) in [7, 11) is 0. The van der Waals surface area contributed by atoms with Crippen molar-refractivity contribution >= 4 is 45.8 Å². The lowest BCUT2D eigenvalue weighted by molar-refractivity contribution is -0.132. The number of aromatic nitrogens is 5. The number of halogens is 4. The van der Waals surface area contributed by atoms with Crippen LogP contribution in [0.2, 0.25) is 5.02 Å². The van der Waals surface area contributed by atoms with E-state index < -0.39 is 24.2 Å². The number of carbonyl (C=O) groups is 2. The van der Waals surface area contributed by atoms with Crippen molar-refractivity contribution in [2.24, 2.45) is 5.92 Å². The largest absolute Gasteiger partial charge is 0.344 e. The van der Waals surface area contributed by atoms with Crippen molar-refractivity contribution in [1.29, 1.82) is 0 Å². The first-order chi connectivity index (χ1) is 16.2. The Labute approximate surface area is 194 Å². The number of carbonyl (C=O) groups excluding carboxylic acids is 2. The van der Waals surface area contributed by atoms with E-state index in [1.807, 2.05) is 0 Å². The number of rotatable bonds is 6. The third kappa shape index (κ3) is 3.83. The summed E-state index contributed by atoms with van der Waals surface area (Å²) in [6.45, 7) is 1.36. The second-order valence-electron chi connectivity index (χ2n) is 8.03. The number of hydrogen-bond donors (Lipinski definition) is 3. The highest BCUT2D eigenvalue weighted by Gasteiger charge is 2.30. The number of imidazole rings is 1. The fraction of sp³-hybridized carbons (Fsp3) is 0.286. The number of aromatic amines is 1. The average Bonchev–Trinajstić information content (AvgIpc) is 3.42. The molecule has 1 saturated carbocycles. The molecule has 9 nitrogen and oxygen atoms in total. The lowest BCUT2D eigenvalue weighted by Gasteiger charge is -2.18. The van der Waals surface area contributed by atoms with Crippen LogP contribution < -0.4 is 10.6 Å². The minimum atomic E-state index is -3.25. The molecule has 0 aliphatic heterocycles. The van der Waals surface area contributed by atoms with E-state index in [0.717, 1.165) is 12.8 Å².